The number of ether oxygens (including phenoxy) is 1. The van der Waals surface area contributed by atoms with Gasteiger partial charge in [-0.3, -0.25) is 4.79 Å². The van der Waals surface area contributed by atoms with Gasteiger partial charge in [0.25, 0.3) is 0 Å². The molecule has 0 aromatic carbocycles. The van der Waals surface area contributed by atoms with Gasteiger partial charge in [-0.05, 0) is 30.7 Å². The van der Waals surface area contributed by atoms with Gasteiger partial charge in [0.1, 0.15) is 6.10 Å². The van der Waals surface area contributed by atoms with Crippen molar-refractivity contribution in [3.05, 3.63) is 34.5 Å². The first-order chi connectivity index (χ1) is 9.81. The van der Waals surface area contributed by atoms with E-state index in [1.807, 2.05) is 17.5 Å². The van der Waals surface area contributed by atoms with E-state index in [9.17, 15) is 4.79 Å². The van der Waals surface area contributed by atoms with Gasteiger partial charge in [0.15, 0.2) is 0 Å². The van der Waals surface area contributed by atoms with Crippen LogP contribution in [0.25, 0.3) is 0 Å². The number of amides is 1. The molecule has 2 rings (SSSR count). The van der Waals surface area contributed by atoms with Crippen LogP contribution in [0.3, 0.4) is 0 Å². The van der Waals surface area contributed by atoms with E-state index in [0.29, 0.717) is 6.54 Å². The van der Waals surface area contributed by atoms with Gasteiger partial charge >= 0.3 is 0 Å². The first-order valence-corrected chi connectivity index (χ1v) is 7.88. The zero-order valence-corrected chi connectivity index (χ0v) is 12.3. The molecule has 4 nitrogen and oxygen atoms in total. The average molecular weight is 295 g/mol. The minimum atomic E-state index is -0.176. The Kier molecular flexibility index (Phi) is 6.24. The van der Waals surface area contributed by atoms with E-state index < -0.39 is 0 Å². The second kappa shape index (κ2) is 8.19. The predicted molar refractivity (Wildman–Crippen MR) is 79.6 cm³/mol. The van der Waals surface area contributed by atoms with Gasteiger partial charge in [0.2, 0.25) is 5.91 Å². The minimum Gasteiger partial charge on any atom is -0.394 e. The molecule has 0 bridgehead atoms. The number of hydrogen-bond acceptors (Lipinski definition) is 4. The second-order valence-electron chi connectivity index (χ2n) is 4.82. The molecule has 0 unspecified atom stereocenters. The average Bonchev–Trinajstić information content (AvgIpc) is 3.02. The lowest BCUT2D eigenvalue weighted by atomic mass is 9.93. The summed E-state index contributed by atoms with van der Waals surface area (Å²) < 4.78 is 5.61. The van der Waals surface area contributed by atoms with Gasteiger partial charge in [0, 0.05) is 17.3 Å². The Bertz CT molecular complexity index is 430. The van der Waals surface area contributed by atoms with Gasteiger partial charge < -0.3 is 15.2 Å². The van der Waals surface area contributed by atoms with Crippen LogP contribution in [-0.2, 0) is 9.53 Å². The summed E-state index contributed by atoms with van der Waals surface area (Å²) in [5.74, 6) is 0.185. The summed E-state index contributed by atoms with van der Waals surface area (Å²) >= 11 is 1.60. The topological polar surface area (TPSA) is 58.6 Å². The quantitative estimate of drug-likeness (QED) is 0.759. The van der Waals surface area contributed by atoms with Crippen molar-refractivity contribution in [1.82, 2.24) is 5.32 Å². The van der Waals surface area contributed by atoms with Gasteiger partial charge in [-0.2, -0.15) is 0 Å². The third-order valence-corrected chi connectivity index (χ3v) is 4.34. The molecule has 5 heteroatoms. The van der Waals surface area contributed by atoms with E-state index in [0.717, 1.165) is 24.1 Å². The first-order valence-electron chi connectivity index (χ1n) is 7.00. The fourth-order valence-electron chi connectivity index (χ4n) is 2.28. The highest BCUT2D eigenvalue weighted by Crippen LogP contribution is 2.23. The van der Waals surface area contributed by atoms with Crippen molar-refractivity contribution in [2.45, 2.75) is 25.4 Å². The zero-order valence-electron chi connectivity index (χ0n) is 11.5. The molecule has 0 spiro atoms. The summed E-state index contributed by atoms with van der Waals surface area (Å²) in [6.07, 6.45) is 6.75. The number of allylic oxidation sites excluding steroid dienone is 2. The number of carbonyl (C=O) groups is 1. The molecule has 1 aromatic heterocycles. The minimum absolute atomic E-state index is 0.0107. The van der Waals surface area contributed by atoms with Gasteiger partial charge in [-0.25, -0.2) is 0 Å². The van der Waals surface area contributed by atoms with Crippen LogP contribution in [0.5, 0.6) is 0 Å². The fourth-order valence-corrected chi connectivity index (χ4v) is 3.06. The van der Waals surface area contributed by atoms with Crippen molar-refractivity contribution in [3.8, 4) is 0 Å². The van der Waals surface area contributed by atoms with Crippen LogP contribution in [0.4, 0.5) is 0 Å². The Balaban J connectivity index is 1.84. The van der Waals surface area contributed by atoms with Gasteiger partial charge in [-0.15, -0.1) is 11.3 Å². The second-order valence-corrected chi connectivity index (χ2v) is 5.80. The van der Waals surface area contributed by atoms with Crippen LogP contribution in [0, 0.1) is 5.92 Å². The Morgan fingerprint density at radius 3 is 3.10 bits per heavy atom. The predicted octanol–water partition coefficient (Wildman–Crippen LogP) is 2.27. The van der Waals surface area contributed by atoms with Gasteiger partial charge in [-0.1, -0.05) is 18.2 Å². The maximum absolute atomic E-state index is 12.1. The highest BCUT2D eigenvalue weighted by molar-refractivity contribution is 7.10. The first kappa shape index (κ1) is 15.2. The van der Waals surface area contributed by atoms with Crippen LogP contribution >= 0.6 is 11.3 Å². The standard InChI is InChI=1S/C15H21NO3S/c17-8-9-19-13(14-7-4-10-20-14)11-16-15(18)12-5-2-1-3-6-12/h1-2,4,7,10,12-13,17H,3,5-6,8-9,11H2,(H,16,18)/t12-,13+/m1/s1. The number of carbonyl (C=O) groups excluding carboxylic acids is 1. The summed E-state index contributed by atoms with van der Waals surface area (Å²) in [4.78, 5) is 13.2. The smallest absolute Gasteiger partial charge is 0.223 e. The summed E-state index contributed by atoms with van der Waals surface area (Å²) in [5, 5.41) is 13.8. The molecule has 0 saturated heterocycles. The number of aliphatic hydroxyl groups is 1. The molecule has 2 atom stereocenters. The molecule has 2 N–H and O–H groups in total. The summed E-state index contributed by atoms with van der Waals surface area (Å²) in [5.41, 5.74) is 0. The SMILES string of the molecule is O=C(NC[C@H](OCCO)c1cccs1)[C@@H]1CC=CCC1. The lowest BCUT2D eigenvalue weighted by molar-refractivity contribution is -0.126. The fraction of sp³-hybridized carbons (Fsp3) is 0.533. The summed E-state index contributed by atoms with van der Waals surface area (Å²) in [6.45, 7) is 0.730. The molecule has 0 fully saturated rings. The van der Waals surface area contributed by atoms with E-state index in [4.69, 9.17) is 9.84 Å². The number of hydrogen-bond donors (Lipinski definition) is 2. The molecule has 0 radical (unpaired) electrons. The molecule has 0 saturated carbocycles. The molecular weight excluding hydrogens is 274 g/mol. The highest BCUT2D eigenvalue weighted by atomic mass is 32.1. The van der Waals surface area contributed by atoms with Crippen LogP contribution in [-0.4, -0.2) is 30.8 Å². The van der Waals surface area contributed by atoms with Crippen molar-refractivity contribution < 1.29 is 14.6 Å². The van der Waals surface area contributed by atoms with Gasteiger partial charge in [0.05, 0.1) is 13.2 Å². The maximum atomic E-state index is 12.1. The number of rotatable bonds is 7. The highest BCUT2D eigenvalue weighted by Gasteiger charge is 2.20. The Morgan fingerprint density at radius 2 is 2.45 bits per heavy atom. The summed E-state index contributed by atoms with van der Waals surface area (Å²) in [7, 11) is 0. The molecule has 1 heterocycles. The Hall–Kier alpha value is -1.17. The monoisotopic (exact) mass is 295 g/mol. The van der Waals surface area contributed by atoms with E-state index in [-0.39, 0.29) is 31.1 Å². The van der Waals surface area contributed by atoms with Crippen LogP contribution in [0.2, 0.25) is 0 Å². The normalized spacial score (nSPS) is 19.8. The van der Waals surface area contributed by atoms with Crippen molar-refractivity contribution >= 4 is 17.2 Å². The molecule has 0 aliphatic heterocycles. The van der Waals surface area contributed by atoms with E-state index in [1.165, 1.54) is 0 Å². The number of aliphatic hydroxyl groups excluding tert-OH is 1. The van der Waals surface area contributed by atoms with Crippen molar-refractivity contribution in [1.29, 1.82) is 0 Å². The molecule has 1 aromatic rings. The van der Waals surface area contributed by atoms with Crippen LogP contribution in [0.1, 0.15) is 30.2 Å². The number of nitrogens with one attached hydrogen (secondary N) is 1. The third kappa shape index (κ3) is 4.44. The Morgan fingerprint density at radius 1 is 1.55 bits per heavy atom. The molecule has 1 aliphatic rings. The maximum Gasteiger partial charge on any atom is 0.223 e. The van der Waals surface area contributed by atoms with Crippen molar-refractivity contribution in [2.24, 2.45) is 5.92 Å². The van der Waals surface area contributed by atoms with E-state index in [1.54, 1.807) is 11.3 Å². The molecule has 1 amide bonds. The largest absolute Gasteiger partial charge is 0.394 e. The van der Waals surface area contributed by atoms with E-state index >= 15 is 0 Å². The zero-order chi connectivity index (χ0) is 14.2. The van der Waals surface area contributed by atoms with Crippen LogP contribution < -0.4 is 5.32 Å². The lowest BCUT2D eigenvalue weighted by Crippen LogP contribution is -2.34. The third-order valence-electron chi connectivity index (χ3n) is 3.37. The lowest BCUT2D eigenvalue weighted by Gasteiger charge is -2.21. The van der Waals surface area contributed by atoms with E-state index in [2.05, 4.69) is 17.5 Å². The molecule has 110 valence electrons. The Labute approximate surface area is 123 Å². The molecular formula is C15H21NO3S. The molecule has 20 heavy (non-hydrogen) atoms. The van der Waals surface area contributed by atoms with Crippen molar-refractivity contribution in [3.63, 3.8) is 0 Å². The number of thiophene rings is 1. The van der Waals surface area contributed by atoms with Crippen molar-refractivity contribution in [2.75, 3.05) is 19.8 Å². The molecule has 1 aliphatic carbocycles. The summed E-state index contributed by atoms with van der Waals surface area (Å²) in [6, 6.07) is 3.95. The van der Waals surface area contributed by atoms with Crippen LogP contribution in [0.15, 0.2) is 29.7 Å².